The molecule has 0 amide bonds. The normalized spacial score (nSPS) is 13.3. The topological polar surface area (TPSA) is 151 Å². The van der Waals surface area contributed by atoms with E-state index < -0.39 is 0 Å². The molecule has 3 aliphatic rings. The van der Waals surface area contributed by atoms with Gasteiger partial charge in [-0.05, 0) is 178 Å². The van der Waals surface area contributed by atoms with Gasteiger partial charge in [0, 0.05) is 94.8 Å². The molecule has 3 aliphatic carbocycles. The number of carbonyl (C=O) groups excluding carboxylic acids is 3. The number of ketones is 3. The van der Waals surface area contributed by atoms with Gasteiger partial charge in [-0.1, -0.05) is 185 Å². The Morgan fingerprint density at radius 3 is 1.01 bits per heavy atom. The summed E-state index contributed by atoms with van der Waals surface area (Å²) in [6, 6.07) is 77.8. The van der Waals surface area contributed by atoms with Crippen molar-refractivity contribution >= 4 is 50.1 Å². The third-order valence-electron chi connectivity index (χ3n) is 18.8. The number of rotatable bonds is 6. The molecule has 15 rings (SSSR count). The number of hydrogen-bond acceptors (Lipinski definition) is 9. The summed E-state index contributed by atoms with van der Waals surface area (Å²) < 4.78 is 0. The second-order valence-corrected chi connectivity index (χ2v) is 28.3. The Labute approximate surface area is 653 Å². The molecule has 0 spiro atoms. The van der Waals surface area contributed by atoms with E-state index in [1.807, 2.05) is 6.07 Å². The summed E-state index contributed by atoms with van der Waals surface area (Å²) in [4.78, 5) is 45.0. The van der Waals surface area contributed by atoms with Crippen LogP contribution in [0.1, 0.15) is 144 Å². The van der Waals surface area contributed by atoms with E-state index in [9.17, 15) is 14.4 Å². The summed E-state index contributed by atoms with van der Waals surface area (Å²) in [5.74, 6) is -0.187. The standard InChI is InChI=1S/2C26H22N.C25H20N.3C5H8O2.3Ir/c1-16-11-17(2)13-19(12-16)24-10-9-18-14-21-20-7-5-6-8-22(20)26(3,4)23(21)15-25(18)27-24;1-16-9-10-18(13-17(16)2)24-12-11-19-14-21-20-7-5-6-8-22(20)26(3,4)23(21)15-25(19)27-24;1-16-8-10-17(11-9-16)23-13-12-18-14-20-19-6-4-5-7-21(19)25(2,3)22(20)15-24(18)26-23;3*1-4(6)3-5(2)7;;;/h5-12,14-15H,1-4H3;5-9,11-15H,1-4H3;4-10,12-15H,1-3H3;3*3,6H,1-2H3;;;/q3*-1;;;;;;. The van der Waals surface area contributed by atoms with E-state index in [1.54, 1.807) is 0 Å². The fourth-order valence-corrected chi connectivity index (χ4v) is 13.8. The molecule has 9 nitrogen and oxygen atoms in total. The molecule has 0 aliphatic heterocycles. The number of nitrogens with zero attached hydrogens (tertiary/aromatic N) is 3. The van der Waals surface area contributed by atoms with Gasteiger partial charge >= 0.3 is 0 Å². The van der Waals surface area contributed by atoms with Crippen LogP contribution in [-0.2, 0) is 90.9 Å². The minimum Gasteiger partial charge on any atom is -0.512 e. The van der Waals surface area contributed by atoms with Crippen molar-refractivity contribution in [2.75, 3.05) is 0 Å². The molecule has 0 saturated heterocycles. The molecule has 0 unspecified atom stereocenters. The van der Waals surface area contributed by atoms with Gasteiger partial charge in [0.25, 0.3) is 0 Å². The first-order chi connectivity index (χ1) is 47.8. The molecule has 0 saturated carbocycles. The summed E-state index contributed by atoms with van der Waals surface area (Å²) in [7, 11) is 0. The Morgan fingerprint density at radius 2 is 0.692 bits per heavy atom. The van der Waals surface area contributed by atoms with Gasteiger partial charge in [-0.15, -0.1) is 105 Å². The Bertz CT molecular complexity index is 5230. The zero-order valence-corrected chi connectivity index (χ0v) is 69.2. The fraction of sp³-hybridized carbons (Fsp3) is 0.217. The van der Waals surface area contributed by atoms with Crippen LogP contribution in [0.4, 0.5) is 0 Å². The van der Waals surface area contributed by atoms with Gasteiger partial charge < -0.3 is 15.3 Å². The Balaban J connectivity index is 0.000000189. The van der Waals surface area contributed by atoms with Gasteiger partial charge in [0.05, 0.1) is 33.8 Å². The quantitative estimate of drug-likeness (QED) is 0.0840. The van der Waals surface area contributed by atoms with Crippen LogP contribution in [0.3, 0.4) is 0 Å². The predicted octanol–water partition coefficient (Wildman–Crippen LogP) is 22.7. The van der Waals surface area contributed by atoms with E-state index in [-0.39, 0.29) is 111 Å². The Hall–Kier alpha value is -9.21. The number of hydrogen-bond donors (Lipinski definition) is 3. The number of allylic oxidation sites excluding steroid dienone is 6. The van der Waals surface area contributed by atoms with Crippen LogP contribution in [0.25, 0.3) is 99.9 Å². The zero-order chi connectivity index (χ0) is 73.0. The van der Waals surface area contributed by atoms with Gasteiger partial charge in [0.15, 0.2) is 17.3 Å². The average molecular weight is 1910 g/mol. The molecular formula is C92H88Ir3N3O6-3. The van der Waals surface area contributed by atoms with Crippen LogP contribution in [0.15, 0.2) is 224 Å². The predicted molar refractivity (Wildman–Crippen MR) is 416 cm³/mol. The second kappa shape index (κ2) is 34.1. The van der Waals surface area contributed by atoms with E-state index in [0.717, 1.165) is 55.9 Å². The van der Waals surface area contributed by atoms with E-state index in [1.165, 1.54) is 165 Å². The maximum Gasteiger partial charge on any atom is 0.155 e. The zero-order valence-electron chi connectivity index (χ0n) is 62.0. The molecular weight excluding hydrogens is 1820 g/mol. The number of aliphatic hydroxyl groups excluding tert-OH is 3. The molecule has 9 aromatic carbocycles. The van der Waals surface area contributed by atoms with Crippen LogP contribution in [0.5, 0.6) is 0 Å². The van der Waals surface area contributed by atoms with Gasteiger partial charge in [-0.25, -0.2) is 0 Å². The number of aromatic nitrogens is 3. The minimum atomic E-state index is -0.125. The molecule has 3 heterocycles. The summed E-state index contributed by atoms with van der Waals surface area (Å²) in [6.45, 7) is 32.9. The summed E-state index contributed by atoms with van der Waals surface area (Å²) in [5, 5.41) is 28.7. The number of carbonyl (C=O) groups is 3. The fourth-order valence-electron chi connectivity index (χ4n) is 13.8. The van der Waals surface area contributed by atoms with E-state index in [2.05, 4.69) is 276 Å². The van der Waals surface area contributed by atoms with Gasteiger partial charge in [0.1, 0.15) is 0 Å². The largest absolute Gasteiger partial charge is 0.512 e. The molecule has 0 fully saturated rings. The molecule has 3 aromatic heterocycles. The van der Waals surface area contributed by atoms with Gasteiger partial charge in [-0.2, -0.15) is 0 Å². The van der Waals surface area contributed by atoms with Crippen molar-refractivity contribution in [1.29, 1.82) is 0 Å². The second-order valence-electron chi connectivity index (χ2n) is 28.3. The maximum absolute atomic E-state index is 10.0. The molecule has 12 aromatic rings. The number of pyridine rings is 3. The number of aryl methyl sites for hydroxylation is 5. The number of fused-ring (bicyclic) bond motifs is 12. The van der Waals surface area contributed by atoms with Gasteiger partial charge in [0.2, 0.25) is 0 Å². The summed E-state index contributed by atoms with van der Waals surface area (Å²) in [6.07, 6.45) is 3.50. The number of aliphatic hydroxyl groups is 3. The molecule has 3 radical (unpaired) electrons. The van der Waals surface area contributed by atoms with Crippen molar-refractivity contribution < 1.29 is 90.0 Å². The monoisotopic (exact) mass is 1910 g/mol. The third kappa shape index (κ3) is 18.5. The first kappa shape index (κ1) is 82.1. The SMILES string of the molecule is CC(=O)C=C(C)O.CC(=O)C=C(C)O.CC(=O)C=C(C)O.Cc1[c-]c(-c2ccc3cc4c(cc3n2)C(C)(C)c2ccccc2-4)cc(C)c1.Cc1c[c-]c(-c2ccc3cc4c(cc3n2)C(C)(C)c2ccccc2-4)cc1.Cc1c[c-]c(-c2ccc3cc4c(cc3n2)C(C)(C)c2ccccc2-4)cc1C.[Ir].[Ir].[Ir]. The van der Waals surface area contributed by atoms with Crippen molar-refractivity contribution in [3.8, 4) is 67.2 Å². The summed E-state index contributed by atoms with van der Waals surface area (Å²) >= 11 is 0. The van der Waals surface area contributed by atoms with Crippen LogP contribution >= 0.6 is 0 Å². The van der Waals surface area contributed by atoms with Crippen molar-refractivity contribution in [2.45, 2.75) is 134 Å². The van der Waals surface area contributed by atoms with Crippen LogP contribution < -0.4 is 0 Å². The molecule has 0 bridgehead atoms. The number of benzene rings is 9. The average Bonchev–Trinajstić information content (AvgIpc) is 1.59. The molecule has 3 N–H and O–H groups in total. The first-order valence-corrected chi connectivity index (χ1v) is 34.1. The van der Waals surface area contributed by atoms with Crippen LogP contribution in [-0.4, -0.2) is 47.6 Å². The van der Waals surface area contributed by atoms with Crippen molar-refractivity contribution in [2.24, 2.45) is 0 Å². The Kier molecular flexibility index (Phi) is 26.9. The molecule has 0 atom stereocenters. The molecule has 12 heteroatoms. The minimum absolute atomic E-state index is 0. The van der Waals surface area contributed by atoms with Crippen molar-refractivity contribution in [1.82, 2.24) is 15.0 Å². The smallest absolute Gasteiger partial charge is 0.155 e. The van der Waals surface area contributed by atoms with Crippen molar-refractivity contribution in [3.63, 3.8) is 0 Å². The van der Waals surface area contributed by atoms with Crippen molar-refractivity contribution in [3.05, 3.63) is 303 Å². The van der Waals surface area contributed by atoms with Crippen LogP contribution in [0, 0.1) is 52.8 Å². The molecule has 104 heavy (non-hydrogen) atoms. The van der Waals surface area contributed by atoms with E-state index in [0.29, 0.717) is 0 Å². The third-order valence-corrected chi connectivity index (χ3v) is 18.8. The molecule has 537 valence electrons. The van der Waals surface area contributed by atoms with Crippen LogP contribution in [0.2, 0.25) is 0 Å². The first-order valence-electron chi connectivity index (χ1n) is 34.1. The summed E-state index contributed by atoms with van der Waals surface area (Å²) in [5.41, 5.74) is 31.8. The van der Waals surface area contributed by atoms with E-state index in [4.69, 9.17) is 30.3 Å². The maximum atomic E-state index is 10.0. The Morgan fingerprint density at radius 1 is 0.346 bits per heavy atom. The van der Waals surface area contributed by atoms with Gasteiger partial charge in [-0.3, -0.25) is 29.3 Å². The van der Waals surface area contributed by atoms with E-state index >= 15 is 0 Å².